The van der Waals surface area contributed by atoms with Crippen LogP contribution in [-0.2, 0) is 13.1 Å². The van der Waals surface area contributed by atoms with Crippen LogP contribution >= 0.6 is 11.6 Å². The van der Waals surface area contributed by atoms with Gasteiger partial charge in [-0.25, -0.2) is 13.9 Å². The van der Waals surface area contributed by atoms with E-state index in [1.54, 1.807) is 9.42 Å². The van der Waals surface area contributed by atoms with E-state index in [0.29, 0.717) is 47.9 Å². The average Bonchev–Trinajstić information content (AvgIpc) is 3.27. The summed E-state index contributed by atoms with van der Waals surface area (Å²) in [7, 11) is 0. The number of hydrogen-bond acceptors (Lipinski definition) is 5. The molecule has 2 aromatic heterocycles. The molecule has 7 nitrogen and oxygen atoms in total. The Morgan fingerprint density at radius 2 is 2.10 bits per heavy atom. The Bertz CT molecular complexity index is 1280. The first-order valence-electron chi connectivity index (χ1n) is 10.0. The second kappa shape index (κ2) is 7.20. The molecule has 1 aliphatic carbocycles. The largest absolute Gasteiger partial charge is 0.489 e. The Morgan fingerprint density at radius 1 is 1.32 bits per heavy atom. The van der Waals surface area contributed by atoms with Gasteiger partial charge in [0.15, 0.2) is 5.65 Å². The van der Waals surface area contributed by atoms with Crippen LogP contribution in [0.1, 0.15) is 45.8 Å². The fraction of sp³-hybridized carbons (Fsp3) is 0.364. The van der Waals surface area contributed by atoms with E-state index in [2.05, 4.69) is 16.2 Å². The molecule has 158 valence electrons. The van der Waals surface area contributed by atoms with Crippen molar-refractivity contribution in [3.05, 3.63) is 57.2 Å². The molecule has 0 saturated heterocycles. The number of hydrogen-bond donors (Lipinski definition) is 0. The molecular formula is C22H19ClFN5O2. The molecule has 0 N–H and O–H groups in total. The van der Waals surface area contributed by atoms with Gasteiger partial charge in [-0.05, 0) is 26.0 Å². The zero-order chi connectivity index (χ0) is 21.9. The molecule has 0 spiro atoms. The number of rotatable bonds is 3. The summed E-state index contributed by atoms with van der Waals surface area (Å²) in [5.41, 5.74) is 4.17. The highest BCUT2D eigenvalue weighted by molar-refractivity contribution is 6.31. The zero-order valence-electron chi connectivity index (χ0n) is 17.0. The Kier molecular flexibility index (Phi) is 4.59. The fourth-order valence-corrected chi connectivity index (χ4v) is 4.27. The molecule has 3 heterocycles. The smallest absolute Gasteiger partial charge is 0.258 e. The normalized spacial score (nSPS) is 19.8. The Morgan fingerprint density at radius 3 is 2.84 bits per heavy atom. The Balaban J connectivity index is 1.41. The number of amides is 1. The van der Waals surface area contributed by atoms with Crippen molar-refractivity contribution in [1.29, 1.82) is 5.26 Å². The van der Waals surface area contributed by atoms with Gasteiger partial charge in [0.25, 0.3) is 5.91 Å². The summed E-state index contributed by atoms with van der Waals surface area (Å²) in [5, 5.41) is 14.1. The molecule has 0 radical (unpaired) electrons. The van der Waals surface area contributed by atoms with Crippen LogP contribution in [0.25, 0.3) is 5.65 Å². The van der Waals surface area contributed by atoms with Gasteiger partial charge in [0.1, 0.15) is 17.7 Å². The lowest BCUT2D eigenvalue weighted by atomic mass is 9.83. The maximum Gasteiger partial charge on any atom is 0.258 e. The van der Waals surface area contributed by atoms with Crippen LogP contribution in [0.3, 0.4) is 0 Å². The third-order valence-corrected chi connectivity index (χ3v) is 6.54. The summed E-state index contributed by atoms with van der Waals surface area (Å²) in [6, 6.07) is 6.12. The van der Waals surface area contributed by atoms with Gasteiger partial charge in [-0.1, -0.05) is 11.6 Å². The van der Waals surface area contributed by atoms with E-state index in [1.807, 2.05) is 13.8 Å². The van der Waals surface area contributed by atoms with Crippen molar-refractivity contribution in [2.45, 2.75) is 45.9 Å². The molecule has 2 aliphatic rings. The van der Waals surface area contributed by atoms with E-state index < -0.39 is 5.82 Å². The number of halogens is 2. The highest BCUT2D eigenvalue weighted by atomic mass is 35.5. The van der Waals surface area contributed by atoms with Crippen LogP contribution in [-0.4, -0.2) is 31.5 Å². The van der Waals surface area contributed by atoms with Crippen molar-refractivity contribution in [2.75, 3.05) is 0 Å². The predicted molar refractivity (Wildman–Crippen MR) is 110 cm³/mol. The standard InChI is InChI=1S/C22H19ClFN5O2/c1-11-20(23)12(2)29-21(26-11)17-9-28(10-18(17)27-29)22(30)16-4-3-14(24)7-19(16)31-15-5-13(6-15)8-25/h3-4,7,13,15H,5-6,9-10H2,1-2H3. The number of aromatic nitrogens is 3. The third kappa shape index (κ3) is 3.20. The minimum absolute atomic E-state index is 0.0458. The summed E-state index contributed by atoms with van der Waals surface area (Å²) in [4.78, 5) is 19.5. The van der Waals surface area contributed by atoms with E-state index in [1.165, 1.54) is 18.2 Å². The highest BCUT2D eigenvalue weighted by Crippen LogP contribution is 2.35. The van der Waals surface area contributed by atoms with Crippen molar-refractivity contribution >= 4 is 23.2 Å². The van der Waals surface area contributed by atoms with Crippen LogP contribution in [0, 0.1) is 36.9 Å². The monoisotopic (exact) mass is 439 g/mol. The number of fused-ring (bicyclic) bond motifs is 3. The van der Waals surface area contributed by atoms with Gasteiger partial charge in [0.05, 0.1) is 52.7 Å². The topological polar surface area (TPSA) is 83.5 Å². The molecule has 0 bridgehead atoms. The quantitative estimate of drug-likeness (QED) is 0.616. The molecular weight excluding hydrogens is 421 g/mol. The first kappa shape index (κ1) is 19.8. The fourth-order valence-electron chi connectivity index (χ4n) is 4.14. The van der Waals surface area contributed by atoms with E-state index in [4.69, 9.17) is 21.6 Å². The van der Waals surface area contributed by atoms with Crippen molar-refractivity contribution < 1.29 is 13.9 Å². The molecule has 3 aromatic rings. The maximum atomic E-state index is 13.9. The minimum Gasteiger partial charge on any atom is -0.489 e. The number of aryl methyl sites for hydroxylation is 2. The predicted octanol–water partition coefficient (Wildman–Crippen LogP) is 3.98. The molecule has 31 heavy (non-hydrogen) atoms. The highest BCUT2D eigenvalue weighted by Gasteiger charge is 2.34. The van der Waals surface area contributed by atoms with E-state index in [-0.39, 0.29) is 23.7 Å². The van der Waals surface area contributed by atoms with E-state index in [0.717, 1.165) is 17.0 Å². The molecule has 1 aliphatic heterocycles. The van der Waals surface area contributed by atoms with Gasteiger partial charge in [-0.15, -0.1) is 0 Å². The lowest BCUT2D eigenvalue weighted by Crippen LogP contribution is -2.34. The van der Waals surface area contributed by atoms with Crippen molar-refractivity contribution in [3.63, 3.8) is 0 Å². The van der Waals surface area contributed by atoms with Gasteiger partial charge in [0, 0.05) is 24.5 Å². The molecule has 0 atom stereocenters. The zero-order valence-corrected chi connectivity index (χ0v) is 17.8. The van der Waals surface area contributed by atoms with Crippen LogP contribution in [0.4, 0.5) is 4.39 Å². The molecule has 9 heteroatoms. The van der Waals surface area contributed by atoms with Gasteiger partial charge in [-0.3, -0.25) is 4.79 Å². The molecule has 1 saturated carbocycles. The maximum absolute atomic E-state index is 13.9. The van der Waals surface area contributed by atoms with E-state index >= 15 is 0 Å². The van der Waals surface area contributed by atoms with Gasteiger partial charge in [-0.2, -0.15) is 10.4 Å². The number of ether oxygens (including phenoxy) is 1. The van der Waals surface area contributed by atoms with Crippen molar-refractivity contribution in [1.82, 2.24) is 19.5 Å². The van der Waals surface area contributed by atoms with Gasteiger partial charge < -0.3 is 9.64 Å². The van der Waals surface area contributed by atoms with Crippen molar-refractivity contribution in [2.24, 2.45) is 5.92 Å². The summed E-state index contributed by atoms with van der Waals surface area (Å²) in [6.45, 7) is 4.40. The van der Waals surface area contributed by atoms with Crippen molar-refractivity contribution in [3.8, 4) is 11.8 Å². The summed E-state index contributed by atoms with van der Waals surface area (Å²) >= 11 is 6.30. The van der Waals surface area contributed by atoms with Crippen LogP contribution in [0.5, 0.6) is 5.75 Å². The Hall–Kier alpha value is -3.18. The van der Waals surface area contributed by atoms with Gasteiger partial charge >= 0.3 is 0 Å². The van der Waals surface area contributed by atoms with Crippen LogP contribution in [0.15, 0.2) is 18.2 Å². The number of benzene rings is 1. The van der Waals surface area contributed by atoms with Crippen LogP contribution in [0.2, 0.25) is 5.02 Å². The second-order valence-electron chi connectivity index (χ2n) is 8.10. The summed E-state index contributed by atoms with van der Waals surface area (Å²) in [5.74, 6) is -0.570. The summed E-state index contributed by atoms with van der Waals surface area (Å²) in [6.07, 6.45) is 0.984. The number of nitrogens with zero attached hydrogens (tertiary/aromatic N) is 5. The summed E-state index contributed by atoms with van der Waals surface area (Å²) < 4.78 is 21.4. The SMILES string of the molecule is Cc1nc2c3c(nn2c(C)c1Cl)CN(C(=O)c1ccc(F)cc1OC1CC(C#N)C1)C3. The number of carbonyl (C=O) groups excluding carboxylic acids is 1. The number of nitriles is 1. The average molecular weight is 440 g/mol. The first-order chi connectivity index (χ1) is 14.9. The first-order valence-corrected chi connectivity index (χ1v) is 10.4. The van der Waals surface area contributed by atoms with Gasteiger partial charge in [0.2, 0.25) is 0 Å². The lowest BCUT2D eigenvalue weighted by molar-refractivity contribution is 0.0707. The third-order valence-electron chi connectivity index (χ3n) is 5.99. The van der Waals surface area contributed by atoms with E-state index in [9.17, 15) is 9.18 Å². The molecule has 1 fully saturated rings. The number of carbonyl (C=O) groups is 1. The minimum atomic E-state index is -0.475. The molecule has 1 amide bonds. The lowest BCUT2D eigenvalue weighted by Gasteiger charge is -2.31. The molecule has 0 unspecified atom stereocenters. The molecule has 5 rings (SSSR count). The Labute approximate surface area is 183 Å². The second-order valence-corrected chi connectivity index (χ2v) is 8.47. The van der Waals surface area contributed by atoms with Crippen LogP contribution < -0.4 is 4.74 Å². The molecule has 1 aromatic carbocycles.